The van der Waals surface area contributed by atoms with Crippen LogP contribution in [0.3, 0.4) is 0 Å². The first-order valence-electron chi connectivity index (χ1n) is 6.00. The molecule has 0 saturated heterocycles. The lowest BCUT2D eigenvalue weighted by Crippen LogP contribution is -2.55. The Balaban J connectivity index is 2.94. The van der Waals surface area contributed by atoms with Gasteiger partial charge in [-0.2, -0.15) is 0 Å². The first-order chi connectivity index (χ1) is 8.28. The van der Waals surface area contributed by atoms with Crippen LogP contribution in [0.5, 0.6) is 0 Å². The molecule has 0 aliphatic carbocycles. The Morgan fingerprint density at radius 2 is 1.83 bits per heavy atom. The second-order valence-electron chi connectivity index (χ2n) is 5.09. The van der Waals surface area contributed by atoms with Crippen LogP contribution in [0.25, 0.3) is 0 Å². The molecule has 1 aromatic rings. The van der Waals surface area contributed by atoms with Crippen molar-refractivity contribution >= 4 is 11.7 Å². The number of carbonyl (C=O) groups is 1. The number of benzene rings is 1. The molecule has 0 heterocycles. The SMILES string of the molecule is CNC(C)(CN(C)c1cc(C)cc(C)c1)C(=O)O. The summed E-state index contributed by atoms with van der Waals surface area (Å²) in [6, 6.07) is 6.22. The van der Waals surface area contributed by atoms with Crippen molar-refractivity contribution in [3.63, 3.8) is 0 Å². The lowest BCUT2D eigenvalue weighted by Gasteiger charge is -2.31. The Morgan fingerprint density at radius 1 is 1.33 bits per heavy atom. The van der Waals surface area contributed by atoms with Crippen LogP contribution in [-0.4, -0.2) is 37.3 Å². The fourth-order valence-corrected chi connectivity index (χ4v) is 1.99. The Labute approximate surface area is 109 Å². The fourth-order valence-electron chi connectivity index (χ4n) is 1.99. The Morgan fingerprint density at radius 3 is 2.22 bits per heavy atom. The highest BCUT2D eigenvalue weighted by Crippen LogP contribution is 2.19. The second kappa shape index (κ2) is 5.40. The van der Waals surface area contributed by atoms with Crippen LogP contribution >= 0.6 is 0 Å². The van der Waals surface area contributed by atoms with Crippen molar-refractivity contribution in [2.24, 2.45) is 0 Å². The zero-order chi connectivity index (χ0) is 13.9. The molecule has 0 saturated carbocycles. The number of anilines is 1. The van der Waals surface area contributed by atoms with Crippen LogP contribution in [0.15, 0.2) is 18.2 Å². The van der Waals surface area contributed by atoms with Crippen LogP contribution in [-0.2, 0) is 4.79 Å². The minimum atomic E-state index is -0.952. The molecule has 0 spiro atoms. The molecule has 18 heavy (non-hydrogen) atoms. The van der Waals surface area contributed by atoms with Crippen LogP contribution in [0.1, 0.15) is 18.1 Å². The fraction of sp³-hybridized carbons (Fsp3) is 0.500. The number of hydrogen-bond acceptors (Lipinski definition) is 3. The second-order valence-corrected chi connectivity index (χ2v) is 5.09. The summed E-state index contributed by atoms with van der Waals surface area (Å²) in [4.78, 5) is 13.2. The number of nitrogens with zero attached hydrogens (tertiary/aromatic N) is 1. The third kappa shape index (κ3) is 3.23. The number of carboxylic acids is 1. The third-order valence-corrected chi connectivity index (χ3v) is 3.22. The van der Waals surface area contributed by atoms with Gasteiger partial charge in [-0.15, -0.1) is 0 Å². The van der Waals surface area contributed by atoms with E-state index in [-0.39, 0.29) is 0 Å². The molecule has 0 aliphatic rings. The van der Waals surface area contributed by atoms with E-state index in [0.717, 1.165) is 5.69 Å². The number of likely N-dealkylation sites (N-methyl/N-ethyl adjacent to an activating group) is 2. The molecule has 1 unspecified atom stereocenters. The number of nitrogens with one attached hydrogen (secondary N) is 1. The van der Waals surface area contributed by atoms with Crippen molar-refractivity contribution in [1.82, 2.24) is 5.32 Å². The number of aryl methyl sites for hydroxylation is 2. The smallest absolute Gasteiger partial charge is 0.325 e. The Bertz CT molecular complexity index is 425. The van der Waals surface area contributed by atoms with Gasteiger partial charge in [0, 0.05) is 19.3 Å². The maximum absolute atomic E-state index is 11.3. The van der Waals surface area contributed by atoms with Gasteiger partial charge in [0.1, 0.15) is 5.54 Å². The molecule has 100 valence electrons. The minimum Gasteiger partial charge on any atom is -0.480 e. The predicted octanol–water partition coefficient (Wildman–Crippen LogP) is 1.80. The number of carboxylic acid groups (broad SMARTS) is 1. The first-order valence-corrected chi connectivity index (χ1v) is 6.00. The first kappa shape index (κ1) is 14.5. The summed E-state index contributed by atoms with van der Waals surface area (Å²) in [5, 5.41) is 12.1. The van der Waals surface area contributed by atoms with Crippen molar-refractivity contribution in [1.29, 1.82) is 0 Å². The van der Waals surface area contributed by atoms with Gasteiger partial charge in [-0.1, -0.05) is 6.07 Å². The third-order valence-electron chi connectivity index (χ3n) is 3.22. The molecule has 0 amide bonds. The Kier molecular flexibility index (Phi) is 4.35. The number of rotatable bonds is 5. The molecule has 1 aromatic carbocycles. The summed E-state index contributed by atoms with van der Waals surface area (Å²) < 4.78 is 0. The molecule has 4 heteroatoms. The van der Waals surface area contributed by atoms with Gasteiger partial charge in [-0.05, 0) is 51.1 Å². The molecular formula is C14H22N2O2. The normalized spacial score (nSPS) is 14.1. The van der Waals surface area contributed by atoms with Crippen LogP contribution < -0.4 is 10.2 Å². The van der Waals surface area contributed by atoms with E-state index in [2.05, 4.69) is 23.5 Å². The van der Waals surface area contributed by atoms with Crippen LogP contribution in [0.2, 0.25) is 0 Å². The summed E-state index contributed by atoms with van der Waals surface area (Å²) in [6.45, 7) is 6.17. The molecule has 0 fully saturated rings. The average molecular weight is 250 g/mol. The van der Waals surface area contributed by atoms with E-state index in [1.807, 2.05) is 25.8 Å². The highest BCUT2D eigenvalue weighted by molar-refractivity contribution is 5.79. The Hall–Kier alpha value is -1.55. The average Bonchev–Trinajstić information content (AvgIpc) is 2.27. The molecule has 4 nitrogen and oxygen atoms in total. The van der Waals surface area contributed by atoms with Crippen LogP contribution in [0, 0.1) is 13.8 Å². The van der Waals surface area contributed by atoms with E-state index >= 15 is 0 Å². The minimum absolute atomic E-state index is 0.404. The van der Waals surface area contributed by atoms with Gasteiger partial charge in [0.2, 0.25) is 0 Å². The monoisotopic (exact) mass is 250 g/mol. The van der Waals surface area contributed by atoms with E-state index in [1.165, 1.54) is 11.1 Å². The van der Waals surface area contributed by atoms with Gasteiger partial charge in [-0.3, -0.25) is 4.79 Å². The van der Waals surface area contributed by atoms with E-state index in [9.17, 15) is 9.90 Å². The summed E-state index contributed by atoms with van der Waals surface area (Å²) in [7, 11) is 3.58. The molecule has 1 rings (SSSR count). The molecule has 0 aromatic heterocycles. The van der Waals surface area contributed by atoms with Crippen LogP contribution in [0.4, 0.5) is 5.69 Å². The highest BCUT2D eigenvalue weighted by atomic mass is 16.4. The van der Waals surface area contributed by atoms with Gasteiger partial charge in [0.15, 0.2) is 0 Å². The summed E-state index contributed by atoms with van der Waals surface area (Å²) >= 11 is 0. The molecule has 0 bridgehead atoms. The maximum atomic E-state index is 11.3. The van der Waals surface area contributed by atoms with Gasteiger partial charge in [0.05, 0.1) is 0 Å². The van der Waals surface area contributed by atoms with Crippen molar-refractivity contribution in [2.75, 3.05) is 25.5 Å². The summed E-state index contributed by atoms with van der Waals surface area (Å²) in [5.74, 6) is -0.846. The highest BCUT2D eigenvalue weighted by Gasteiger charge is 2.32. The van der Waals surface area contributed by atoms with E-state index in [4.69, 9.17) is 0 Å². The van der Waals surface area contributed by atoms with Crippen molar-refractivity contribution in [2.45, 2.75) is 26.3 Å². The molecular weight excluding hydrogens is 228 g/mol. The zero-order valence-corrected chi connectivity index (χ0v) is 11.7. The van der Waals surface area contributed by atoms with E-state index < -0.39 is 11.5 Å². The number of hydrogen-bond donors (Lipinski definition) is 2. The van der Waals surface area contributed by atoms with Gasteiger partial charge in [-0.25, -0.2) is 0 Å². The van der Waals surface area contributed by atoms with E-state index in [1.54, 1.807) is 14.0 Å². The predicted molar refractivity (Wildman–Crippen MR) is 74.3 cm³/mol. The van der Waals surface area contributed by atoms with Crippen molar-refractivity contribution in [3.05, 3.63) is 29.3 Å². The van der Waals surface area contributed by atoms with Crippen molar-refractivity contribution in [3.8, 4) is 0 Å². The lowest BCUT2D eigenvalue weighted by molar-refractivity contribution is -0.143. The standard InChI is InChI=1S/C14H22N2O2/c1-10-6-11(2)8-12(7-10)16(5)9-14(3,15-4)13(17)18/h6-8,15H,9H2,1-5H3,(H,17,18). The van der Waals surface area contributed by atoms with E-state index in [0.29, 0.717) is 6.54 Å². The summed E-state index contributed by atoms with van der Waals surface area (Å²) in [6.07, 6.45) is 0. The summed E-state index contributed by atoms with van der Waals surface area (Å²) in [5.41, 5.74) is 2.44. The quantitative estimate of drug-likeness (QED) is 0.836. The van der Waals surface area contributed by atoms with Gasteiger partial charge in [0.25, 0.3) is 0 Å². The largest absolute Gasteiger partial charge is 0.480 e. The maximum Gasteiger partial charge on any atom is 0.325 e. The molecule has 0 aliphatic heterocycles. The zero-order valence-electron chi connectivity index (χ0n) is 11.7. The van der Waals surface area contributed by atoms with Crippen molar-refractivity contribution < 1.29 is 9.90 Å². The topological polar surface area (TPSA) is 52.6 Å². The van der Waals surface area contributed by atoms with Gasteiger partial charge < -0.3 is 15.3 Å². The van der Waals surface area contributed by atoms with Gasteiger partial charge >= 0.3 is 5.97 Å². The number of aliphatic carboxylic acids is 1. The molecule has 2 N–H and O–H groups in total. The molecule has 0 radical (unpaired) electrons. The molecule has 1 atom stereocenters. The lowest BCUT2D eigenvalue weighted by atomic mass is 10.0.